The van der Waals surface area contributed by atoms with Gasteiger partial charge in [-0.1, -0.05) is 0 Å². The third-order valence-corrected chi connectivity index (χ3v) is 3.15. The molecule has 0 aromatic heterocycles. The number of nitrogens with one attached hydrogen (secondary N) is 1. The number of nitrogens with zero attached hydrogens (tertiary/aromatic N) is 1. The fourth-order valence-electron chi connectivity index (χ4n) is 1.36. The number of nitriles is 1. The monoisotopic (exact) mass is 282 g/mol. The summed E-state index contributed by atoms with van der Waals surface area (Å²) in [5.41, 5.74) is 0.571. The van der Waals surface area contributed by atoms with E-state index in [0.717, 1.165) is 0 Å². The van der Waals surface area contributed by atoms with Gasteiger partial charge in [-0.3, -0.25) is 4.21 Å². The molecule has 0 saturated heterocycles. The molecule has 0 amide bonds. The molecular formula is C13H18N2O3S. The maximum Gasteiger partial charge on any atom is 0.119 e. The molecule has 0 bridgehead atoms. The van der Waals surface area contributed by atoms with Gasteiger partial charge in [-0.2, -0.15) is 5.26 Å². The van der Waals surface area contributed by atoms with Gasteiger partial charge in [0.1, 0.15) is 18.5 Å². The molecule has 0 fully saturated rings. The summed E-state index contributed by atoms with van der Waals surface area (Å²) in [6.45, 7) is 1.18. The van der Waals surface area contributed by atoms with Crippen LogP contribution in [0.15, 0.2) is 24.3 Å². The minimum Gasteiger partial charge on any atom is -0.491 e. The number of hydrogen-bond acceptors (Lipinski definition) is 5. The second-order valence-corrected chi connectivity index (χ2v) is 5.64. The van der Waals surface area contributed by atoms with Gasteiger partial charge >= 0.3 is 0 Å². The Morgan fingerprint density at radius 1 is 1.47 bits per heavy atom. The maximum atomic E-state index is 10.8. The van der Waals surface area contributed by atoms with E-state index in [2.05, 4.69) is 5.32 Å². The quantitative estimate of drug-likeness (QED) is 0.669. The van der Waals surface area contributed by atoms with Crippen LogP contribution < -0.4 is 10.1 Å². The second kappa shape index (κ2) is 8.64. The van der Waals surface area contributed by atoms with Crippen LogP contribution in [0.3, 0.4) is 0 Å². The van der Waals surface area contributed by atoms with Crippen molar-refractivity contribution in [2.75, 3.05) is 31.7 Å². The zero-order valence-electron chi connectivity index (χ0n) is 10.8. The van der Waals surface area contributed by atoms with Gasteiger partial charge in [-0.15, -0.1) is 0 Å². The van der Waals surface area contributed by atoms with Gasteiger partial charge in [0.25, 0.3) is 0 Å². The molecule has 2 N–H and O–H groups in total. The van der Waals surface area contributed by atoms with Crippen LogP contribution in [0.2, 0.25) is 0 Å². The Kier molecular flexibility index (Phi) is 7.11. The molecule has 2 atom stereocenters. The van der Waals surface area contributed by atoms with E-state index in [-0.39, 0.29) is 6.61 Å². The van der Waals surface area contributed by atoms with Crippen LogP contribution in [0, 0.1) is 11.3 Å². The van der Waals surface area contributed by atoms with Gasteiger partial charge in [-0.05, 0) is 24.3 Å². The molecule has 2 unspecified atom stereocenters. The fourth-order valence-corrected chi connectivity index (χ4v) is 1.79. The molecule has 104 valence electrons. The molecule has 0 aliphatic rings. The predicted molar refractivity (Wildman–Crippen MR) is 74.5 cm³/mol. The molecule has 1 aromatic carbocycles. The Bertz CT molecular complexity index is 442. The van der Waals surface area contributed by atoms with Gasteiger partial charge < -0.3 is 15.2 Å². The Balaban J connectivity index is 2.20. The lowest BCUT2D eigenvalue weighted by Gasteiger charge is -2.13. The lowest BCUT2D eigenvalue weighted by Crippen LogP contribution is -2.33. The lowest BCUT2D eigenvalue weighted by atomic mass is 10.2. The lowest BCUT2D eigenvalue weighted by molar-refractivity contribution is 0.107. The summed E-state index contributed by atoms with van der Waals surface area (Å²) >= 11 is 0. The van der Waals surface area contributed by atoms with Gasteiger partial charge in [0.05, 0.1) is 11.6 Å². The number of aliphatic hydroxyl groups excluding tert-OH is 1. The van der Waals surface area contributed by atoms with Crippen LogP contribution in [0.4, 0.5) is 0 Å². The smallest absolute Gasteiger partial charge is 0.119 e. The summed E-state index contributed by atoms with van der Waals surface area (Å²) in [5.74, 6) is 1.19. The van der Waals surface area contributed by atoms with E-state index < -0.39 is 16.9 Å². The highest BCUT2D eigenvalue weighted by Gasteiger charge is 2.05. The van der Waals surface area contributed by atoms with E-state index in [1.165, 1.54) is 0 Å². The van der Waals surface area contributed by atoms with Crippen LogP contribution in [0.1, 0.15) is 5.56 Å². The third-order valence-electron chi connectivity index (χ3n) is 2.37. The molecule has 0 aliphatic heterocycles. The molecule has 5 nitrogen and oxygen atoms in total. The van der Waals surface area contributed by atoms with E-state index in [9.17, 15) is 9.32 Å². The van der Waals surface area contributed by atoms with Crippen molar-refractivity contribution in [3.8, 4) is 11.8 Å². The summed E-state index contributed by atoms with van der Waals surface area (Å²) in [6.07, 6.45) is 1.02. The number of rotatable bonds is 8. The van der Waals surface area contributed by atoms with Crippen molar-refractivity contribution in [2.45, 2.75) is 6.10 Å². The first-order chi connectivity index (χ1) is 9.11. The normalized spacial score (nSPS) is 13.5. The van der Waals surface area contributed by atoms with Crippen LogP contribution in [0.25, 0.3) is 0 Å². The topological polar surface area (TPSA) is 82.3 Å². The summed E-state index contributed by atoms with van der Waals surface area (Å²) < 4.78 is 16.2. The van der Waals surface area contributed by atoms with Gasteiger partial charge in [-0.25, -0.2) is 0 Å². The highest BCUT2D eigenvalue weighted by molar-refractivity contribution is 7.84. The summed E-state index contributed by atoms with van der Waals surface area (Å²) in [7, 11) is -0.819. The SMILES string of the molecule is CS(=O)CCNCC(O)COc1ccc(C#N)cc1. The van der Waals surface area contributed by atoms with Crippen molar-refractivity contribution in [3.05, 3.63) is 29.8 Å². The van der Waals surface area contributed by atoms with Crippen molar-refractivity contribution < 1.29 is 14.1 Å². The second-order valence-electron chi connectivity index (χ2n) is 4.08. The highest BCUT2D eigenvalue weighted by atomic mass is 32.2. The van der Waals surface area contributed by atoms with Crippen LogP contribution >= 0.6 is 0 Å². The number of ether oxygens (including phenoxy) is 1. The standard InChI is InChI=1S/C13H18N2O3S/c1-19(17)7-6-15-9-12(16)10-18-13-4-2-11(8-14)3-5-13/h2-5,12,15-16H,6-7,9-10H2,1H3. The Hall–Kier alpha value is -1.42. The minimum absolute atomic E-state index is 0.175. The zero-order chi connectivity index (χ0) is 14.1. The van der Waals surface area contributed by atoms with Gasteiger partial charge in [0.15, 0.2) is 0 Å². The van der Waals surface area contributed by atoms with Crippen molar-refractivity contribution in [1.82, 2.24) is 5.32 Å². The number of benzene rings is 1. The van der Waals surface area contributed by atoms with Crippen molar-refractivity contribution in [1.29, 1.82) is 5.26 Å². The molecule has 1 aromatic rings. The minimum atomic E-state index is -0.819. The zero-order valence-corrected chi connectivity index (χ0v) is 11.7. The molecule has 0 radical (unpaired) electrons. The molecular weight excluding hydrogens is 264 g/mol. The van der Waals surface area contributed by atoms with E-state index in [0.29, 0.717) is 30.2 Å². The van der Waals surface area contributed by atoms with Crippen LogP contribution in [-0.4, -0.2) is 47.1 Å². The number of aliphatic hydroxyl groups is 1. The highest BCUT2D eigenvalue weighted by Crippen LogP contribution is 2.11. The molecule has 0 saturated carbocycles. The van der Waals surface area contributed by atoms with E-state index in [4.69, 9.17) is 10.00 Å². The summed E-state index contributed by atoms with van der Waals surface area (Å²) in [6, 6.07) is 8.74. The van der Waals surface area contributed by atoms with Crippen molar-refractivity contribution >= 4 is 10.8 Å². The molecule has 1 rings (SSSR count). The Morgan fingerprint density at radius 3 is 2.74 bits per heavy atom. The predicted octanol–water partition coefficient (Wildman–Crippen LogP) is 0.266. The maximum absolute atomic E-state index is 10.8. The third kappa shape index (κ3) is 6.91. The molecule has 0 aliphatic carbocycles. The van der Waals surface area contributed by atoms with Crippen LogP contribution in [-0.2, 0) is 10.8 Å². The molecule has 6 heteroatoms. The average Bonchev–Trinajstić information content (AvgIpc) is 2.41. The molecule has 0 spiro atoms. The Labute approximate surface area is 115 Å². The molecule has 0 heterocycles. The molecule has 19 heavy (non-hydrogen) atoms. The Morgan fingerprint density at radius 2 is 2.16 bits per heavy atom. The first kappa shape index (κ1) is 15.6. The first-order valence-corrected chi connectivity index (χ1v) is 7.66. The van der Waals surface area contributed by atoms with Crippen LogP contribution in [0.5, 0.6) is 5.75 Å². The fraction of sp³-hybridized carbons (Fsp3) is 0.462. The summed E-state index contributed by atoms with van der Waals surface area (Å²) in [5, 5.41) is 21.3. The van der Waals surface area contributed by atoms with E-state index in [1.807, 2.05) is 6.07 Å². The largest absolute Gasteiger partial charge is 0.491 e. The van der Waals surface area contributed by atoms with Gasteiger partial charge in [0, 0.05) is 35.9 Å². The average molecular weight is 282 g/mol. The first-order valence-electron chi connectivity index (χ1n) is 5.93. The van der Waals surface area contributed by atoms with E-state index in [1.54, 1.807) is 30.5 Å². The van der Waals surface area contributed by atoms with E-state index >= 15 is 0 Å². The van der Waals surface area contributed by atoms with Gasteiger partial charge in [0.2, 0.25) is 0 Å². The van der Waals surface area contributed by atoms with Crippen molar-refractivity contribution in [2.24, 2.45) is 0 Å². The number of hydrogen-bond donors (Lipinski definition) is 2. The summed E-state index contributed by atoms with van der Waals surface area (Å²) in [4.78, 5) is 0. The van der Waals surface area contributed by atoms with Crippen molar-refractivity contribution in [3.63, 3.8) is 0 Å².